The summed E-state index contributed by atoms with van der Waals surface area (Å²) in [4.78, 5) is 4.81. The summed E-state index contributed by atoms with van der Waals surface area (Å²) in [5, 5.41) is 5.13. The van der Waals surface area contributed by atoms with Gasteiger partial charge in [0.25, 0.3) is 0 Å². The van der Waals surface area contributed by atoms with Gasteiger partial charge >= 0.3 is 0 Å². The van der Waals surface area contributed by atoms with Crippen molar-refractivity contribution in [1.29, 1.82) is 0 Å². The first-order valence-corrected chi connectivity index (χ1v) is 13.6. The van der Waals surface area contributed by atoms with Crippen molar-refractivity contribution in [3.05, 3.63) is 134 Å². The van der Waals surface area contributed by atoms with Crippen molar-refractivity contribution in [3.63, 3.8) is 0 Å². The smallest absolute Gasteiger partial charge is 0.138 e. The van der Waals surface area contributed by atoms with Crippen molar-refractivity contribution >= 4 is 53.3 Å². The largest absolute Gasteiger partial charge is 0.294 e. The number of pyridine rings is 1. The quantitative estimate of drug-likeness (QED) is 0.235. The lowest BCUT2D eigenvalue weighted by Gasteiger charge is -2.09. The number of thiophene rings is 1. The zero-order valence-electron chi connectivity index (χ0n) is 20.5. The van der Waals surface area contributed by atoms with Gasteiger partial charge < -0.3 is 0 Å². The molecule has 0 saturated heterocycles. The van der Waals surface area contributed by atoms with Crippen LogP contribution in [-0.2, 0) is 0 Å². The van der Waals surface area contributed by atoms with Gasteiger partial charge in [-0.05, 0) is 70.8 Å². The fraction of sp³-hybridized carbons (Fsp3) is 0. The summed E-state index contributed by atoms with van der Waals surface area (Å²) in [6.45, 7) is 0. The molecule has 0 N–H and O–H groups in total. The van der Waals surface area contributed by atoms with E-state index in [4.69, 9.17) is 4.98 Å². The van der Waals surface area contributed by atoms with Gasteiger partial charge in [-0.3, -0.25) is 4.57 Å². The molecule has 2 nitrogen and oxygen atoms in total. The number of fused-ring (bicyclic) bond motifs is 6. The molecule has 3 heteroatoms. The van der Waals surface area contributed by atoms with Gasteiger partial charge in [0.15, 0.2) is 0 Å². The maximum atomic E-state index is 4.81. The van der Waals surface area contributed by atoms with E-state index in [0.29, 0.717) is 0 Å². The second-order valence-electron chi connectivity index (χ2n) is 9.66. The number of benzene rings is 5. The van der Waals surface area contributed by atoms with E-state index in [1.54, 1.807) is 0 Å². The molecule has 3 aromatic heterocycles. The van der Waals surface area contributed by atoms with Crippen LogP contribution in [0, 0.1) is 0 Å². The van der Waals surface area contributed by atoms with Crippen LogP contribution in [0.1, 0.15) is 0 Å². The zero-order chi connectivity index (χ0) is 25.1. The molecule has 8 aromatic rings. The van der Waals surface area contributed by atoms with Crippen LogP contribution in [0.25, 0.3) is 70.0 Å². The van der Waals surface area contributed by atoms with Crippen molar-refractivity contribution in [1.82, 2.24) is 9.55 Å². The van der Waals surface area contributed by atoms with Gasteiger partial charge in [0.2, 0.25) is 0 Å². The first-order chi connectivity index (χ1) is 18.8. The third kappa shape index (κ3) is 3.29. The molecule has 0 saturated carbocycles. The van der Waals surface area contributed by atoms with E-state index in [0.717, 1.165) is 22.4 Å². The molecular weight excluding hydrogens is 480 g/mol. The Morgan fingerprint density at radius 3 is 2.00 bits per heavy atom. The fourth-order valence-corrected chi connectivity index (χ4v) is 6.74. The van der Waals surface area contributed by atoms with Crippen molar-refractivity contribution in [2.45, 2.75) is 0 Å². The Bertz CT molecular complexity index is 2130. The minimum Gasteiger partial charge on any atom is -0.294 e. The standard InChI is InChI=1S/C35H22N2S/c1-2-8-23(9-3-1)26-18-19-36-35(22-26)37-31-12-6-4-10-27(31)29-20-24(14-16-32(29)37)25-15-17-34-30(21-25)28-11-5-7-13-33(28)38-34/h1-22H. The van der Waals surface area contributed by atoms with Crippen LogP contribution in [-0.4, -0.2) is 9.55 Å². The molecule has 8 rings (SSSR count). The van der Waals surface area contributed by atoms with Crippen LogP contribution in [0.3, 0.4) is 0 Å². The Labute approximate surface area is 224 Å². The molecule has 0 spiro atoms. The number of hydrogen-bond donors (Lipinski definition) is 0. The molecule has 0 unspecified atom stereocenters. The van der Waals surface area contributed by atoms with Crippen LogP contribution >= 0.6 is 11.3 Å². The minimum absolute atomic E-state index is 0.927. The maximum Gasteiger partial charge on any atom is 0.138 e. The second-order valence-corrected chi connectivity index (χ2v) is 10.7. The van der Waals surface area contributed by atoms with Crippen molar-refractivity contribution < 1.29 is 0 Å². The molecule has 0 bridgehead atoms. The highest BCUT2D eigenvalue weighted by Gasteiger charge is 2.15. The van der Waals surface area contributed by atoms with E-state index >= 15 is 0 Å². The molecule has 0 radical (unpaired) electrons. The highest BCUT2D eigenvalue weighted by atomic mass is 32.1. The summed E-state index contributed by atoms with van der Waals surface area (Å²) in [5.41, 5.74) is 7.14. The first kappa shape index (κ1) is 21.4. The predicted octanol–water partition coefficient (Wildman–Crippen LogP) is 9.88. The summed E-state index contributed by atoms with van der Waals surface area (Å²) >= 11 is 1.86. The average molecular weight is 503 g/mol. The molecule has 0 aliphatic heterocycles. The topological polar surface area (TPSA) is 17.8 Å². The Kier molecular flexibility index (Phi) is 4.73. The Morgan fingerprint density at radius 1 is 0.447 bits per heavy atom. The fourth-order valence-electron chi connectivity index (χ4n) is 5.66. The monoisotopic (exact) mass is 502 g/mol. The van der Waals surface area contributed by atoms with Crippen LogP contribution in [0.5, 0.6) is 0 Å². The number of para-hydroxylation sites is 1. The van der Waals surface area contributed by atoms with Gasteiger partial charge in [0.1, 0.15) is 5.82 Å². The van der Waals surface area contributed by atoms with Gasteiger partial charge in [0.05, 0.1) is 11.0 Å². The lowest BCUT2D eigenvalue weighted by atomic mass is 10.0. The van der Waals surface area contributed by atoms with E-state index in [2.05, 4.69) is 132 Å². The number of aromatic nitrogens is 2. The van der Waals surface area contributed by atoms with Crippen molar-refractivity contribution in [3.8, 4) is 28.1 Å². The van der Waals surface area contributed by atoms with Crippen LogP contribution < -0.4 is 0 Å². The Balaban J connectivity index is 1.33. The van der Waals surface area contributed by atoms with Crippen molar-refractivity contribution in [2.75, 3.05) is 0 Å². The number of rotatable bonds is 3. The number of nitrogens with zero attached hydrogens (tertiary/aromatic N) is 2. The van der Waals surface area contributed by atoms with Gasteiger partial charge in [-0.15, -0.1) is 11.3 Å². The lowest BCUT2D eigenvalue weighted by Crippen LogP contribution is -1.97. The van der Waals surface area contributed by atoms with Gasteiger partial charge in [-0.25, -0.2) is 4.98 Å². The molecule has 0 amide bonds. The summed E-state index contributed by atoms with van der Waals surface area (Å²) in [5.74, 6) is 0.927. The van der Waals surface area contributed by atoms with Gasteiger partial charge in [-0.2, -0.15) is 0 Å². The maximum absolute atomic E-state index is 4.81. The summed E-state index contributed by atoms with van der Waals surface area (Å²) < 4.78 is 4.96. The molecular formula is C35H22N2S. The summed E-state index contributed by atoms with van der Waals surface area (Å²) in [6.07, 6.45) is 1.91. The molecule has 3 heterocycles. The number of hydrogen-bond acceptors (Lipinski definition) is 2. The third-order valence-corrected chi connectivity index (χ3v) is 8.62. The molecule has 5 aromatic carbocycles. The third-order valence-electron chi connectivity index (χ3n) is 7.46. The minimum atomic E-state index is 0.927. The van der Waals surface area contributed by atoms with Crippen LogP contribution in [0.15, 0.2) is 134 Å². The van der Waals surface area contributed by atoms with Crippen LogP contribution in [0.4, 0.5) is 0 Å². The molecule has 0 aliphatic rings. The van der Waals surface area contributed by atoms with Crippen LogP contribution in [0.2, 0.25) is 0 Å². The second kappa shape index (κ2) is 8.41. The van der Waals surface area contributed by atoms with Crippen molar-refractivity contribution in [2.24, 2.45) is 0 Å². The normalized spacial score (nSPS) is 11.7. The average Bonchev–Trinajstić information content (AvgIpc) is 3.53. The highest BCUT2D eigenvalue weighted by Crippen LogP contribution is 2.38. The Hall–Kier alpha value is -4.73. The van der Waals surface area contributed by atoms with Gasteiger partial charge in [0, 0.05) is 37.1 Å². The molecule has 178 valence electrons. The zero-order valence-corrected chi connectivity index (χ0v) is 21.3. The van der Waals surface area contributed by atoms with E-state index < -0.39 is 0 Å². The van der Waals surface area contributed by atoms with Gasteiger partial charge in [-0.1, -0.05) is 78.9 Å². The van der Waals surface area contributed by atoms with E-state index in [-0.39, 0.29) is 0 Å². The SMILES string of the molecule is c1ccc(-c2ccnc(-n3c4ccccc4c4cc(-c5ccc6sc7ccccc7c6c5)ccc43)c2)cc1. The lowest BCUT2D eigenvalue weighted by molar-refractivity contribution is 1.08. The predicted molar refractivity (Wildman–Crippen MR) is 162 cm³/mol. The van der Waals surface area contributed by atoms with E-state index in [1.807, 2.05) is 17.5 Å². The van der Waals surface area contributed by atoms with E-state index in [1.165, 1.54) is 47.6 Å². The summed E-state index contributed by atoms with van der Waals surface area (Å²) in [7, 11) is 0. The van der Waals surface area contributed by atoms with E-state index in [9.17, 15) is 0 Å². The molecule has 0 aliphatic carbocycles. The molecule has 38 heavy (non-hydrogen) atoms. The first-order valence-electron chi connectivity index (χ1n) is 12.8. The molecule has 0 fully saturated rings. The molecule has 0 atom stereocenters. The Morgan fingerprint density at radius 2 is 1.11 bits per heavy atom. The highest BCUT2D eigenvalue weighted by molar-refractivity contribution is 7.25. The summed E-state index contributed by atoms with van der Waals surface area (Å²) in [6, 6.07) is 45.8.